The number of para-hydroxylation sites is 2. The molecule has 0 bridgehead atoms. The third-order valence-electron chi connectivity index (χ3n) is 4.28. The van der Waals surface area contributed by atoms with Crippen molar-refractivity contribution >= 4 is 11.4 Å². The zero-order chi connectivity index (χ0) is 13.9. The van der Waals surface area contributed by atoms with Crippen molar-refractivity contribution in [3.05, 3.63) is 59.7 Å². The Hall–Kier alpha value is -1.96. The van der Waals surface area contributed by atoms with Crippen molar-refractivity contribution in [3.8, 4) is 0 Å². The summed E-state index contributed by atoms with van der Waals surface area (Å²) in [4.78, 5) is 2.37. The summed E-state index contributed by atoms with van der Waals surface area (Å²) in [5.74, 6) is 0.637. The third kappa shape index (κ3) is 2.51. The average Bonchev–Trinajstić information content (AvgIpc) is 2.88. The van der Waals surface area contributed by atoms with E-state index >= 15 is 0 Å². The molecule has 0 amide bonds. The Bertz CT molecular complexity index is 591. The summed E-state index contributed by atoms with van der Waals surface area (Å²) in [6.45, 7) is 4.34. The molecular weight excluding hydrogens is 244 g/mol. The lowest BCUT2D eigenvalue weighted by Gasteiger charge is -2.23. The largest absolute Gasteiger partial charge is 0.384 e. The second kappa shape index (κ2) is 5.58. The standard InChI is InChI=1S/C18H22N2/c1-14-7-3-6-10-18(14)20(2)12-11-15-13-19-17-9-5-4-8-16(15)17/h3-10,15,19H,11-13H2,1-2H3. The van der Waals surface area contributed by atoms with Crippen molar-refractivity contribution in [2.24, 2.45) is 0 Å². The molecule has 0 saturated heterocycles. The monoisotopic (exact) mass is 266 g/mol. The molecule has 1 aliphatic heterocycles. The van der Waals surface area contributed by atoms with Gasteiger partial charge in [-0.3, -0.25) is 0 Å². The Morgan fingerprint density at radius 1 is 1.10 bits per heavy atom. The Morgan fingerprint density at radius 3 is 2.70 bits per heavy atom. The van der Waals surface area contributed by atoms with Gasteiger partial charge in [-0.25, -0.2) is 0 Å². The maximum absolute atomic E-state index is 3.51. The molecule has 2 heteroatoms. The highest BCUT2D eigenvalue weighted by atomic mass is 15.1. The van der Waals surface area contributed by atoms with Crippen LogP contribution in [0.4, 0.5) is 11.4 Å². The van der Waals surface area contributed by atoms with Gasteiger partial charge in [-0.2, -0.15) is 0 Å². The van der Waals surface area contributed by atoms with Crippen LogP contribution in [0.15, 0.2) is 48.5 Å². The van der Waals surface area contributed by atoms with Crippen molar-refractivity contribution < 1.29 is 0 Å². The summed E-state index contributed by atoms with van der Waals surface area (Å²) in [5, 5.41) is 3.51. The Morgan fingerprint density at radius 2 is 1.85 bits per heavy atom. The minimum absolute atomic E-state index is 0.637. The van der Waals surface area contributed by atoms with Gasteiger partial charge in [0.15, 0.2) is 0 Å². The second-order valence-electron chi connectivity index (χ2n) is 5.66. The normalized spacial score (nSPS) is 16.6. The Labute approximate surface area is 121 Å². The van der Waals surface area contributed by atoms with E-state index in [4.69, 9.17) is 0 Å². The smallest absolute Gasteiger partial charge is 0.0393 e. The maximum atomic E-state index is 3.51. The maximum Gasteiger partial charge on any atom is 0.0393 e. The molecular formula is C18H22N2. The van der Waals surface area contributed by atoms with Crippen LogP contribution in [0.25, 0.3) is 0 Å². The topological polar surface area (TPSA) is 15.3 Å². The first kappa shape index (κ1) is 13.0. The highest BCUT2D eigenvalue weighted by Gasteiger charge is 2.21. The molecule has 2 aromatic carbocycles. The fraction of sp³-hybridized carbons (Fsp3) is 0.333. The lowest BCUT2D eigenvalue weighted by atomic mass is 9.97. The van der Waals surface area contributed by atoms with Gasteiger partial charge in [-0.15, -0.1) is 0 Å². The zero-order valence-corrected chi connectivity index (χ0v) is 12.3. The highest BCUT2D eigenvalue weighted by molar-refractivity contribution is 5.58. The van der Waals surface area contributed by atoms with Crippen LogP contribution >= 0.6 is 0 Å². The predicted octanol–water partition coefficient (Wildman–Crippen LogP) is 4.03. The van der Waals surface area contributed by atoms with Crippen LogP contribution < -0.4 is 10.2 Å². The van der Waals surface area contributed by atoms with Gasteiger partial charge in [0.05, 0.1) is 0 Å². The van der Waals surface area contributed by atoms with Crippen molar-refractivity contribution in [1.82, 2.24) is 0 Å². The number of nitrogens with one attached hydrogen (secondary N) is 1. The lowest BCUT2D eigenvalue weighted by Crippen LogP contribution is -2.21. The fourth-order valence-electron chi connectivity index (χ4n) is 3.08. The van der Waals surface area contributed by atoms with E-state index in [1.807, 2.05) is 0 Å². The molecule has 3 rings (SSSR count). The van der Waals surface area contributed by atoms with Gasteiger partial charge < -0.3 is 10.2 Å². The molecule has 0 aromatic heterocycles. The van der Waals surface area contributed by atoms with E-state index in [2.05, 4.69) is 72.7 Å². The van der Waals surface area contributed by atoms with Gasteiger partial charge in [0.2, 0.25) is 0 Å². The molecule has 1 aliphatic rings. The van der Waals surface area contributed by atoms with E-state index in [1.54, 1.807) is 0 Å². The average molecular weight is 266 g/mol. The predicted molar refractivity (Wildman–Crippen MR) is 86.7 cm³/mol. The molecule has 0 saturated carbocycles. The number of fused-ring (bicyclic) bond motifs is 1. The van der Waals surface area contributed by atoms with Gasteiger partial charge in [0, 0.05) is 37.4 Å². The van der Waals surface area contributed by atoms with E-state index in [-0.39, 0.29) is 0 Å². The van der Waals surface area contributed by atoms with Crippen molar-refractivity contribution in [1.29, 1.82) is 0 Å². The SMILES string of the molecule is Cc1ccccc1N(C)CCC1CNc2ccccc21. The summed E-state index contributed by atoms with van der Waals surface area (Å²) in [6, 6.07) is 17.3. The van der Waals surface area contributed by atoms with Crippen LogP contribution in [0.3, 0.4) is 0 Å². The minimum Gasteiger partial charge on any atom is -0.384 e. The molecule has 20 heavy (non-hydrogen) atoms. The molecule has 104 valence electrons. The molecule has 0 aliphatic carbocycles. The first-order chi connectivity index (χ1) is 9.75. The molecule has 0 fully saturated rings. The van der Waals surface area contributed by atoms with Gasteiger partial charge in [-0.1, -0.05) is 36.4 Å². The number of hydrogen-bond acceptors (Lipinski definition) is 2. The van der Waals surface area contributed by atoms with E-state index < -0.39 is 0 Å². The highest BCUT2D eigenvalue weighted by Crippen LogP contribution is 2.33. The van der Waals surface area contributed by atoms with Crippen molar-refractivity contribution in [2.45, 2.75) is 19.3 Å². The number of hydrogen-bond donors (Lipinski definition) is 1. The van der Waals surface area contributed by atoms with Crippen LogP contribution in [0.5, 0.6) is 0 Å². The van der Waals surface area contributed by atoms with Gasteiger partial charge in [0.1, 0.15) is 0 Å². The summed E-state index contributed by atoms with van der Waals surface area (Å²) in [6.07, 6.45) is 1.19. The second-order valence-corrected chi connectivity index (χ2v) is 5.66. The van der Waals surface area contributed by atoms with Crippen molar-refractivity contribution in [3.63, 3.8) is 0 Å². The Kier molecular flexibility index (Phi) is 3.64. The third-order valence-corrected chi connectivity index (χ3v) is 4.28. The van der Waals surface area contributed by atoms with E-state index in [0.29, 0.717) is 5.92 Å². The minimum atomic E-state index is 0.637. The number of nitrogens with zero attached hydrogens (tertiary/aromatic N) is 1. The van der Waals surface area contributed by atoms with Gasteiger partial charge >= 0.3 is 0 Å². The number of aryl methyl sites for hydroxylation is 1. The Balaban J connectivity index is 1.65. The van der Waals surface area contributed by atoms with Gasteiger partial charge in [0.25, 0.3) is 0 Å². The molecule has 0 radical (unpaired) electrons. The molecule has 1 N–H and O–H groups in total. The summed E-state index contributed by atoms with van der Waals surface area (Å²) < 4.78 is 0. The first-order valence-corrected chi connectivity index (χ1v) is 7.35. The number of rotatable bonds is 4. The molecule has 2 nitrogen and oxygen atoms in total. The molecule has 0 spiro atoms. The van der Waals surface area contributed by atoms with E-state index in [0.717, 1.165) is 13.1 Å². The molecule has 1 heterocycles. The molecule has 1 unspecified atom stereocenters. The molecule has 1 atom stereocenters. The van der Waals surface area contributed by atoms with E-state index in [9.17, 15) is 0 Å². The quantitative estimate of drug-likeness (QED) is 0.898. The van der Waals surface area contributed by atoms with Crippen LogP contribution in [0, 0.1) is 6.92 Å². The van der Waals surface area contributed by atoms with Crippen LogP contribution in [-0.4, -0.2) is 20.1 Å². The van der Waals surface area contributed by atoms with Crippen LogP contribution in [0.1, 0.15) is 23.5 Å². The lowest BCUT2D eigenvalue weighted by molar-refractivity contribution is 0.667. The van der Waals surface area contributed by atoms with Crippen molar-refractivity contribution in [2.75, 3.05) is 30.4 Å². The number of benzene rings is 2. The van der Waals surface area contributed by atoms with Gasteiger partial charge in [-0.05, 0) is 36.6 Å². The zero-order valence-electron chi connectivity index (χ0n) is 12.3. The number of anilines is 2. The van der Waals surface area contributed by atoms with Crippen LogP contribution in [0.2, 0.25) is 0 Å². The summed E-state index contributed by atoms with van der Waals surface area (Å²) in [7, 11) is 2.19. The van der Waals surface area contributed by atoms with E-state index in [1.165, 1.54) is 28.9 Å². The molecule has 2 aromatic rings. The summed E-state index contributed by atoms with van der Waals surface area (Å²) >= 11 is 0. The summed E-state index contributed by atoms with van der Waals surface area (Å²) in [5.41, 5.74) is 5.48. The first-order valence-electron chi connectivity index (χ1n) is 7.35. The fourth-order valence-corrected chi connectivity index (χ4v) is 3.08. The van der Waals surface area contributed by atoms with Crippen LogP contribution in [-0.2, 0) is 0 Å².